The van der Waals surface area contributed by atoms with E-state index in [4.69, 9.17) is 16.1 Å². The van der Waals surface area contributed by atoms with Gasteiger partial charge in [-0.1, -0.05) is 36.3 Å². The molecule has 0 bridgehead atoms. The van der Waals surface area contributed by atoms with E-state index in [1.165, 1.54) is 16.2 Å². The van der Waals surface area contributed by atoms with Crippen LogP contribution in [0.15, 0.2) is 60.0 Å². The zero-order valence-corrected chi connectivity index (χ0v) is 29.5. The molecule has 2 unspecified atom stereocenters. The number of ether oxygens (including phenoxy) is 1. The first-order valence-electron chi connectivity index (χ1n) is 17.3. The highest BCUT2D eigenvalue weighted by atomic mass is 32.1. The number of pyridine rings is 1. The molecular formula is C39H36F3N7O2S. The number of carbonyl (C=O) groups excluding carboxylic acids is 1. The molecule has 4 atom stereocenters. The zero-order valence-electron chi connectivity index (χ0n) is 28.7. The minimum absolute atomic E-state index is 0.00128. The van der Waals surface area contributed by atoms with E-state index in [9.17, 15) is 9.18 Å². The summed E-state index contributed by atoms with van der Waals surface area (Å²) in [7, 11) is 1.81. The second-order valence-corrected chi connectivity index (χ2v) is 14.7. The van der Waals surface area contributed by atoms with Crippen molar-refractivity contribution in [2.75, 3.05) is 38.2 Å². The number of halogens is 3. The van der Waals surface area contributed by atoms with Gasteiger partial charge in [0.05, 0.1) is 17.0 Å². The van der Waals surface area contributed by atoms with Gasteiger partial charge in [-0.3, -0.25) is 14.7 Å². The van der Waals surface area contributed by atoms with Crippen LogP contribution in [0.1, 0.15) is 43.2 Å². The van der Waals surface area contributed by atoms with Gasteiger partial charge in [-0.2, -0.15) is 9.97 Å². The summed E-state index contributed by atoms with van der Waals surface area (Å²) in [5, 5.41) is 3.99. The molecule has 5 aromatic rings. The molecule has 13 heteroatoms. The summed E-state index contributed by atoms with van der Waals surface area (Å²) in [6.07, 6.45) is 11.7. The number of thiazole rings is 1. The third kappa shape index (κ3) is 5.84. The Morgan fingerprint density at radius 2 is 2.04 bits per heavy atom. The van der Waals surface area contributed by atoms with Gasteiger partial charge in [-0.05, 0) is 44.2 Å². The highest BCUT2D eigenvalue weighted by Crippen LogP contribution is 2.41. The molecule has 52 heavy (non-hydrogen) atoms. The largest absolute Gasteiger partial charge is 0.461 e. The van der Waals surface area contributed by atoms with Gasteiger partial charge in [-0.25, -0.2) is 18.2 Å². The van der Waals surface area contributed by atoms with Crippen LogP contribution in [0.4, 0.5) is 19.0 Å². The number of anilines is 1. The standard InChI is InChI=1S/C39H36F3N7O2S/c1-4-24-8-5-9-25-10-6-11-27(32(24)25)34-33(42)35-28(20-44-34)36(46-38(45-35)51-22-39-13-7-15-48(39)21-26(40)19-39)47(3)30-12-16-49(23(30)2)37(50)29(41)18-31-43-14-17-52-31/h1,5-6,8-11,14,17-18,20,23,26,30H,7,12-13,15-16,19,21-22H2,2-3H3/b29-18-/t23?,26-,30?,39+/m1/s1. The second kappa shape index (κ2) is 13.5. The van der Waals surface area contributed by atoms with Crippen LogP contribution >= 0.6 is 11.3 Å². The van der Waals surface area contributed by atoms with E-state index in [2.05, 4.69) is 25.8 Å². The summed E-state index contributed by atoms with van der Waals surface area (Å²) in [6, 6.07) is 10.3. The highest BCUT2D eigenvalue weighted by molar-refractivity contribution is 7.10. The van der Waals surface area contributed by atoms with Crippen molar-refractivity contribution in [2.45, 2.75) is 56.4 Å². The van der Waals surface area contributed by atoms with E-state index in [0.29, 0.717) is 58.7 Å². The molecule has 9 nitrogen and oxygen atoms in total. The number of fused-ring (bicyclic) bond motifs is 3. The van der Waals surface area contributed by atoms with Crippen molar-refractivity contribution in [1.29, 1.82) is 0 Å². The normalized spacial score (nSPS) is 23.3. The average molecular weight is 724 g/mol. The fourth-order valence-electron chi connectivity index (χ4n) is 8.35. The number of alkyl halides is 1. The lowest BCUT2D eigenvalue weighted by Gasteiger charge is -2.33. The number of amides is 1. The monoisotopic (exact) mass is 723 g/mol. The highest BCUT2D eigenvalue weighted by Gasteiger charge is 2.49. The maximum absolute atomic E-state index is 17.0. The minimum Gasteiger partial charge on any atom is -0.461 e. The quantitative estimate of drug-likeness (QED) is 0.128. The molecular weight excluding hydrogens is 688 g/mol. The van der Waals surface area contributed by atoms with Crippen LogP contribution in [0.2, 0.25) is 0 Å². The van der Waals surface area contributed by atoms with Gasteiger partial charge in [0, 0.05) is 73.0 Å². The van der Waals surface area contributed by atoms with Crippen molar-refractivity contribution in [1.82, 2.24) is 29.7 Å². The molecule has 0 spiro atoms. The van der Waals surface area contributed by atoms with Crippen LogP contribution in [-0.4, -0.2) is 92.7 Å². The van der Waals surface area contributed by atoms with E-state index in [0.717, 1.165) is 30.8 Å². The second-order valence-electron chi connectivity index (χ2n) is 13.8. The van der Waals surface area contributed by atoms with Crippen molar-refractivity contribution in [3.8, 4) is 29.6 Å². The Labute approximate surface area is 303 Å². The van der Waals surface area contributed by atoms with Gasteiger partial charge in [0.1, 0.15) is 34.8 Å². The first kappa shape index (κ1) is 34.0. The van der Waals surface area contributed by atoms with E-state index >= 15 is 8.78 Å². The lowest BCUT2D eigenvalue weighted by molar-refractivity contribution is -0.129. The number of likely N-dealkylation sites (N-methyl/N-ethyl adjacent to an activating group) is 1. The fourth-order valence-corrected chi connectivity index (χ4v) is 8.90. The topological polar surface area (TPSA) is 87.6 Å². The maximum Gasteiger partial charge on any atom is 0.319 e. The SMILES string of the molecule is C#Cc1cccc2cccc(-c3ncc4c(N(C)C5CCN(C(=O)/C(F)=C/c6nccs6)C5C)nc(OC[C@@]56CCCN5C[C@H](F)C6)nc4c3F)c12. The molecule has 3 aromatic heterocycles. The van der Waals surface area contributed by atoms with Gasteiger partial charge in [0.2, 0.25) is 0 Å². The molecule has 3 aliphatic rings. The average Bonchev–Trinajstić information content (AvgIpc) is 3.95. The van der Waals surface area contributed by atoms with Gasteiger partial charge in [-0.15, -0.1) is 17.8 Å². The predicted molar refractivity (Wildman–Crippen MR) is 196 cm³/mol. The smallest absolute Gasteiger partial charge is 0.319 e. The first-order valence-corrected chi connectivity index (χ1v) is 18.2. The van der Waals surface area contributed by atoms with Crippen LogP contribution in [0.25, 0.3) is 39.0 Å². The first-order chi connectivity index (χ1) is 25.2. The van der Waals surface area contributed by atoms with Crippen LogP contribution in [0, 0.1) is 18.2 Å². The third-order valence-corrected chi connectivity index (χ3v) is 11.6. The molecule has 8 rings (SSSR count). The fraction of sp³-hybridized carbons (Fsp3) is 0.359. The Kier molecular flexibility index (Phi) is 8.83. The van der Waals surface area contributed by atoms with Gasteiger partial charge >= 0.3 is 6.01 Å². The summed E-state index contributed by atoms with van der Waals surface area (Å²) >= 11 is 1.24. The Hall–Kier alpha value is -5.06. The number of hydrogen-bond donors (Lipinski definition) is 0. The van der Waals surface area contributed by atoms with Crippen molar-refractivity contribution >= 4 is 50.8 Å². The molecule has 2 aromatic carbocycles. The molecule has 0 aliphatic carbocycles. The number of rotatable bonds is 8. The summed E-state index contributed by atoms with van der Waals surface area (Å²) in [5.41, 5.74) is 0.727. The molecule has 266 valence electrons. The molecule has 0 radical (unpaired) electrons. The predicted octanol–water partition coefficient (Wildman–Crippen LogP) is 6.81. The molecule has 3 aliphatic heterocycles. The molecule has 0 saturated carbocycles. The molecule has 6 heterocycles. The molecule has 3 fully saturated rings. The zero-order chi connectivity index (χ0) is 36.1. The lowest BCUT2D eigenvalue weighted by Crippen LogP contribution is -2.44. The maximum atomic E-state index is 17.0. The third-order valence-electron chi connectivity index (χ3n) is 10.9. The summed E-state index contributed by atoms with van der Waals surface area (Å²) in [5.74, 6) is 0.767. The van der Waals surface area contributed by atoms with Gasteiger partial charge < -0.3 is 14.5 Å². The molecule has 1 amide bonds. The van der Waals surface area contributed by atoms with E-state index in [1.54, 1.807) is 37.0 Å². The van der Waals surface area contributed by atoms with Crippen molar-refractivity contribution in [2.24, 2.45) is 0 Å². The van der Waals surface area contributed by atoms with Crippen molar-refractivity contribution < 1.29 is 22.7 Å². The van der Waals surface area contributed by atoms with Crippen LogP contribution in [-0.2, 0) is 4.79 Å². The van der Waals surface area contributed by atoms with Crippen LogP contribution in [0.5, 0.6) is 6.01 Å². The number of hydrogen-bond acceptors (Lipinski definition) is 9. The van der Waals surface area contributed by atoms with E-state index < -0.39 is 35.3 Å². The van der Waals surface area contributed by atoms with Gasteiger partial charge in [0.25, 0.3) is 5.91 Å². The number of likely N-dealkylation sites (tertiary alicyclic amines) is 1. The Bertz CT molecular complexity index is 2260. The Morgan fingerprint density at radius 1 is 1.21 bits per heavy atom. The number of benzene rings is 2. The Balaban J connectivity index is 1.19. The van der Waals surface area contributed by atoms with Crippen LogP contribution in [0.3, 0.4) is 0 Å². The summed E-state index contributed by atoms with van der Waals surface area (Å²) in [4.78, 5) is 36.8. The van der Waals surface area contributed by atoms with Gasteiger partial charge in [0.15, 0.2) is 11.6 Å². The summed E-state index contributed by atoms with van der Waals surface area (Å²) < 4.78 is 52.9. The van der Waals surface area contributed by atoms with Crippen molar-refractivity contribution in [3.05, 3.63) is 76.4 Å². The van der Waals surface area contributed by atoms with Crippen LogP contribution < -0.4 is 9.64 Å². The minimum atomic E-state index is -0.946. The Morgan fingerprint density at radius 3 is 2.83 bits per heavy atom. The molecule has 3 saturated heterocycles. The lowest BCUT2D eigenvalue weighted by atomic mass is 9.95. The number of aromatic nitrogens is 4. The van der Waals surface area contributed by atoms with Crippen molar-refractivity contribution in [3.63, 3.8) is 0 Å². The summed E-state index contributed by atoms with van der Waals surface area (Å²) in [6.45, 7) is 3.46. The molecule has 0 N–H and O–H groups in total. The van der Waals surface area contributed by atoms with E-state index in [-0.39, 0.29) is 29.9 Å². The number of nitrogens with zero attached hydrogens (tertiary/aromatic N) is 7. The van der Waals surface area contributed by atoms with E-state index in [1.807, 2.05) is 36.1 Å². The number of carbonyl (C=O) groups is 1. The number of terminal acetylenes is 1.